The highest BCUT2D eigenvalue weighted by molar-refractivity contribution is 5.96. The molecule has 0 radical (unpaired) electrons. The number of benzene rings is 2. The van der Waals surface area contributed by atoms with Crippen molar-refractivity contribution < 1.29 is 19.8 Å². The molecule has 122 valence electrons. The monoisotopic (exact) mass is 316 g/mol. The van der Waals surface area contributed by atoms with Crippen LogP contribution in [-0.4, -0.2) is 28.7 Å². The van der Waals surface area contributed by atoms with E-state index in [1.54, 1.807) is 0 Å². The Morgan fingerprint density at radius 2 is 1.48 bits per heavy atom. The van der Waals surface area contributed by atoms with E-state index >= 15 is 0 Å². The standard InChI is InChI=1S/C9H8O4.C8H12N2/c1-5-6(8(10)11)3-2-4-7(5)9(12)13;1-2-10-8-5-3-7(9)4-6-8/h2-4H,1H3,(H,10,11)(H,12,13);3-6,10H,2,9H2,1H3. The molecule has 0 spiro atoms. The van der Waals surface area contributed by atoms with Crippen molar-refractivity contribution in [3.63, 3.8) is 0 Å². The van der Waals surface area contributed by atoms with Crippen LogP contribution in [0.4, 0.5) is 11.4 Å². The predicted molar refractivity (Wildman–Crippen MR) is 90.1 cm³/mol. The molecule has 0 saturated heterocycles. The van der Waals surface area contributed by atoms with Gasteiger partial charge in [0.25, 0.3) is 0 Å². The first kappa shape index (κ1) is 18.0. The second-order valence-corrected chi connectivity index (χ2v) is 4.74. The zero-order chi connectivity index (χ0) is 17.4. The molecule has 6 nitrogen and oxygen atoms in total. The van der Waals surface area contributed by atoms with Gasteiger partial charge in [-0.2, -0.15) is 0 Å². The molecule has 0 bridgehead atoms. The van der Waals surface area contributed by atoms with Gasteiger partial charge in [0.15, 0.2) is 0 Å². The number of carboxylic acids is 2. The molecule has 5 N–H and O–H groups in total. The van der Waals surface area contributed by atoms with Crippen molar-refractivity contribution in [1.29, 1.82) is 0 Å². The summed E-state index contributed by atoms with van der Waals surface area (Å²) >= 11 is 0. The molecule has 2 rings (SSSR count). The van der Waals surface area contributed by atoms with E-state index < -0.39 is 11.9 Å². The number of nitrogen functional groups attached to an aromatic ring is 1. The van der Waals surface area contributed by atoms with Crippen LogP contribution in [-0.2, 0) is 0 Å². The van der Waals surface area contributed by atoms with Crippen molar-refractivity contribution in [1.82, 2.24) is 0 Å². The molecular weight excluding hydrogens is 296 g/mol. The minimum atomic E-state index is -1.11. The van der Waals surface area contributed by atoms with Crippen molar-refractivity contribution >= 4 is 23.3 Å². The molecule has 23 heavy (non-hydrogen) atoms. The first-order valence-corrected chi connectivity index (χ1v) is 7.02. The molecule has 0 fully saturated rings. The van der Waals surface area contributed by atoms with Gasteiger partial charge in [-0.05, 0) is 55.8 Å². The smallest absolute Gasteiger partial charge is 0.335 e. The minimum Gasteiger partial charge on any atom is -0.478 e. The number of nitrogens with two attached hydrogens (primary N) is 1. The molecule has 0 aliphatic carbocycles. The van der Waals surface area contributed by atoms with Gasteiger partial charge in [0, 0.05) is 17.9 Å². The molecular formula is C17H20N2O4. The Bertz CT molecular complexity index is 649. The maximum Gasteiger partial charge on any atom is 0.335 e. The van der Waals surface area contributed by atoms with Crippen LogP contribution in [0.2, 0.25) is 0 Å². The molecule has 2 aromatic carbocycles. The number of anilines is 2. The number of hydrogen-bond donors (Lipinski definition) is 4. The molecule has 6 heteroatoms. The number of rotatable bonds is 4. The highest BCUT2D eigenvalue weighted by Crippen LogP contribution is 2.13. The van der Waals surface area contributed by atoms with E-state index in [9.17, 15) is 9.59 Å². The summed E-state index contributed by atoms with van der Waals surface area (Å²) in [7, 11) is 0. The zero-order valence-electron chi connectivity index (χ0n) is 13.0. The third-order valence-electron chi connectivity index (χ3n) is 3.09. The van der Waals surface area contributed by atoms with Crippen molar-refractivity contribution in [2.24, 2.45) is 0 Å². The zero-order valence-corrected chi connectivity index (χ0v) is 13.0. The van der Waals surface area contributed by atoms with E-state index in [1.807, 2.05) is 24.3 Å². The average Bonchev–Trinajstić information content (AvgIpc) is 2.50. The summed E-state index contributed by atoms with van der Waals surface area (Å²) < 4.78 is 0. The van der Waals surface area contributed by atoms with Gasteiger partial charge in [0.05, 0.1) is 11.1 Å². The van der Waals surface area contributed by atoms with Crippen molar-refractivity contribution in [3.8, 4) is 0 Å². The summed E-state index contributed by atoms with van der Waals surface area (Å²) in [5.74, 6) is -2.22. The number of aromatic carboxylic acids is 2. The summed E-state index contributed by atoms with van der Waals surface area (Å²) in [6.45, 7) is 4.49. The van der Waals surface area contributed by atoms with E-state index in [0.717, 1.165) is 17.9 Å². The maximum atomic E-state index is 10.6. The van der Waals surface area contributed by atoms with Crippen LogP contribution in [0.25, 0.3) is 0 Å². The normalized spacial score (nSPS) is 9.48. The van der Waals surface area contributed by atoms with Gasteiger partial charge in [0.1, 0.15) is 0 Å². The number of hydrogen-bond acceptors (Lipinski definition) is 4. The average molecular weight is 316 g/mol. The van der Waals surface area contributed by atoms with Gasteiger partial charge in [0.2, 0.25) is 0 Å². The number of nitrogens with one attached hydrogen (secondary N) is 1. The quantitative estimate of drug-likeness (QED) is 0.645. The van der Waals surface area contributed by atoms with Crippen LogP contribution < -0.4 is 11.1 Å². The van der Waals surface area contributed by atoms with Gasteiger partial charge in [-0.15, -0.1) is 0 Å². The molecule has 0 saturated carbocycles. The summed E-state index contributed by atoms with van der Waals surface area (Å²) in [6.07, 6.45) is 0. The second kappa shape index (κ2) is 8.43. The van der Waals surface area contributed by atoms with Gasteiger partial charge in [-0.25, -0.2) is 9.59 Å². The molecule has 0 aliphatic heterocycles. The second-order valence-electron chi connectivity index (χ2n) is 4.74. The third-order valence-corrected chi connectivity index (χ3v) is 3.09. The topological polar surface area (TPSA) is 113 Å². The van der Waals surface area contributed by atoms with Crippen molar-refractivity contribution in [3.05, 3.63) is 59.2 Å². The Hall–Kier alpha value is -3.02. The van der Waals surface area contributed by atoms with Crippen LogP contribution in [0.3, 0.4) is 0 Å². The fourth-order valence-corrected chi connectivity index (χ4v) is 1.90. The Morgan fingerprint density at radius 1 is 1.00 bits per heavy atom. The molecule has 0 unspecified atom stereocenters. The summed E-state index contributed by atoms with van der Waals surface area (Å²) in [5.41, 5.74) is 7.76. The first-order chi connectivity index (χ1) is 10.9. The van der Waals surface area contributed by atoms with E-state index in [2.05, 4.69) is 12.2 Å². The predicted octanol–water partition coefficient (Wildman–Crippen LogP) is 3.09. The molecule has 0 atom stereocenters. The van der Waals surface area contributed by atoms with Crippen LogP contribution in [0.15, 0.2) is 42.5 Å². The van der Waals surface area contributed by atoms with Crippen LogP contribution >= 0.6 is 0 Å². The van der Waals surface area contributed by atoms with E-state index in [4.69, 9.17) is 15.9 Å². The van der Waals surface area contributed by atoms with Gasteiger partial charge < -0.3 is 21.3 Å². The fourth-order valence-electron chi connectivity index (χ4n) is 1.90. The highest BCUT2D eigenvalue weighted by atomic mass is 16.4. The highest BCUT2D eigenvalue weighted by Gasteiger charge is 2.13. The lowest BCUT2D eigenvalue weighted by Crippen LogP contribution is -2.06. The molecule has 2 aromatic rings. The Kier molecular flexibility index (Phi) is 6.61. The van der Waals surface area contributed by atoms with Gasteiger partial charge in [-0.1, -0.05) is 6.07 Å². The van der Waals surface area contributed by atoms with Crippen LogP contribution in [0, 0.1) is 6.92 Å². The maximum absolute atomic E-state index is 10.6. The Morgan fingerprint density at radius 3 is 1.87 bits per heavy atom. The van der Waals surface area contributed by atoms with E-state index in [-0.39, 0.29) is 16.7 Å². The number of carbonyl (C=O) groups is 2. The fraction of sp³-hybridized carbons (Fsp3) is 0.176. The number of carboxylic acid groups (broad SMARTS) is 2. The molecule has 0 heterocycles. The lowest BCUT2D eigenvalue weighted by Gasteiger charge is -2.03. The lowest BCUT2D eigenvalue weighted by molar-refractivity contribution is 0.0696. The molecule has 0 amide bonds. The van der Waals surface area contributed by atoms with Crippen molar-refractivity contribution in [2.45, 2.75) is 13.8 Å². The summed E-state index contributed by atoms with van der Waals surface area (Å²) in [5, 5.41) is 20.5. The van der Waals surface area contributed by atoms with Gasteiger partial charge >= 0.3 is 11.9 Å². The Labute approximate surface area is 134 Å². The van der Waals surface area contributed by atoms with Crippen LogP contribution in [0.1, 0.15) is 33.2 Å². The molecule has 0 aliphatic rings. The lowest BCUT2D eigenvalue weighted by atomic mass is 10.0. The SMILES string of the molecule is CCNc1ccc(N)cc1.Cc1c(C(=O)O)cccc1C(=O)O. The largest absolute Gasteiger partial charge is 0.478 e. The van der Waals surface area contributed by atoms with Crippen molar-refractivity contribution in [2.75, 3.05) is 17.6 Å². The van der Waals surface area contributed by atoms with Crippen LogP contribution in [0.5, 0.6) is 0 Å². The van der Waals surface area contributed by atoms with E-state index in [1.165, 1.54) is 25.1 Å². The third kappa shape index (κ3) is 5.35. The summed E-state index contributed by atoms with van der Waals surface area (Å²) in [6, 6.07) is 11.9. The first-order valence-electron chi connectivity index (χ1n) is 7.02. The van der Waals surface area contributed by atoms with Gasteiger partial charge in [-0.3, -0.25) is 0 Å². The minimum absolute atomic E-state index is 0.0277. The van der Waals surface area contributed by atoms with E-state index in [0.29, 0.717) is 0 Å². The Balaban J connectivity index is 0.000000238. The summed E-state index contributed by atoms with van der Waals surface area (Å²) in [4.78, 5) is 21.2. The molecule has 0 aromatic heterocycles.